The van der Waals surface area contributed by atoms with E-state index < -0.39 is 6.03 Å². The van der Waals surface area contributed by atoms with Crippen LogP contribution in [-0.2, 0) is 16.1 Å². The highest BCUT2D eigenvalue weighted by Crippen LogP contribution is 2.15. The lowest BCUT2D eigenvalue weighted by Gasteiger charge is -2.20. The van der Waals surface area contributed by atoms with Crippen molar-refractivity contribution in [2.75, 3.05) is 19.6 Å². The van der Waals surface area contributed by atoms with Crippen molar-refractivity contribution < 1.29 is 14.4 Å². The van der Waals surface area contributed by atoms with Crippen molar-refractivity contribution in [3.05, 3.63) is 35.9 Å². The van der Waals surface area contributed by atoms with E-state index in [9.17, 15) is 14.4 Å². The van der Waals surface area contributed by atoms with Gasteiger partial charge in [-0.25, -0.2) is 4.79 Å². The molecule has 7 heteroatoms. The topological polar surface area (TPSA) is 95.7 Å². The van der Waals surface area contributed by atoms with Crippen molar-refractivity contribution in [3.8, 4) is 0 Å². The number of nitrogens with two attached hydrogens (primary N) is 1. The molecule has 23 heavy (non-hydrogen) atoms. The summed E-state index contributed by atoms with van der Waals surface area (Å²) in [5.74, 6) is -0.00114. The summed E-state index contributed by atoms with van der Waals surface area (Å²) >= 11 is 0. The molecular weight excluding hydrogens is 296 g/mol. The Morgan fingerprint density at radius 1 is 1.39 bits per heavy atom. The fourth-order valence-corrected chi connectivity index (χ4v) is 2.55. The fraction of sp³-hybridized carbons (Fsp3) is 0.438. The van der Waals surface area contributed by atoms with Gasteiger partial charge in [-0.05, 0) is 18.5 Å². The number of urea groups is 1. The summed E-state index contributed by atoms with van der Waals surface area (Å²) in [7, 11) is 0. The van der Waals surface area contributed by atoms with Crippen LogP contribution in [0.25, 0.3) is 0 Å². The van der Waals surface area contributed by atoms with Gasteiger partial charge in [-0.15, -0.1) is 0 Å². The molecule has 1 atom stereocenters. The molecule has 1 saturated heterocycles. The van der Waals surface area contributed by atoms with Crippen LogP contribution in [0.2, 0.25) is 0 Å². The van der Waals surface area contributed by atoms with Crippen LogP contribution >= 0.6 is 0 Å². The number of nitrogens with one attached hydrogen (secondary N) is 1. The quantitative estimate of drug-likeness (QED) is 0.707. The molecule has 1 aliphatic rings. The Kier molecular flexibility index (Phi) is 6.10. The number of imide groups is 1. The van der Waals surface area contributed by atoms with Gasteiger partial charge in [0.1, 0.15) is 0 Å². The van der Waals surface area contributed by atoms with Crippen LogP contribution in [0.5, 0.6) is 0 Å². The number of carbonyl (C=O) groups excluding carboxylic acids is 3. The lowest BCUT2D eigenvalue weighted by molar-refractivity contribution is -0.128. The van der Waals surface area contributed by atoms with E-state index in [1.54, 1.807) is 4.90 Å². The minimum Gasteiger partial charge on any atom is -0.336 e. The summed E-state index contributed by atoms with van der Waals surface area (Å²) in [6, 6.07) is 8.93. The third-order valence-electron chi connectivity index (χ3n) is 3.75. The van der Waals surface area contributed by atoms with Crippen molar-refractivity contribution in [2.45, 2.75) is 25.4 Å². The number of amides is 4. The Labute approximate surface area is 135 Å². The van der Waals surface area contributed by atoms with E-state index in [4.69, 9.17) is 5.73 Å². The zero-order chi connectivity index (χ0) is 16.7. The van der Waals surface area contributed by atoms with Gasteiger partial charge >= 0.3 is 6.03 Å². The predicted octanol–water partition coefficient (Wildman–Crippen LogP) is 0.304. The number of likely N-dealkylation sites (tertiary alicyclic amines) is 1. The van der Waals surface area contributed by atoms with E-state index >= 15 is 0 Å². The second-order valence-electron chi connectivity index (χ2n) is 5.55. The third kappa shape index (κ3) is 4.79. The minimum absolute atomic E-state index is 0.00114. The fourth-order valence-electron chi connectivity index (χ4n) is 2.55. The van der Waals surface area contributed by atoms with Gasteiger partial charge in [0.05, 0.1) is 6.04 Å². The van der Waals surface area contributed by atoms with Crippen LogP contribution in [0, 0.1) is 0 Å². The van der Waals surface area contributed by atoms with Crippen LogP contribution in [0.4, 0.5) is 4.79 Å². The zero-order valence-corrected chi connectivity index (χ0v) is 13.0. The van der Waals surface area contributed by atoms with E-state index in [2.05, 4.69) is 5.32 Å². The molecule has 1 aromatic carbocycles. The molecule has 1 aliphatic heterocycles. The molecule has 124 valence electrons. The molecule has 0 bridgehead atoms. The highest BCUT2D eigenvalue weighted by Gasteiger charge is 2.31. The molecular formula is C16H22N4O3. The lowest BCUT2D eigenvalue weighted by atomic mass is 10.2. The standard InChI is InChI=1S/C16H22N4O3/c17-7-4-8-19(12-21)16(23)18-14-9-15(22)20(11-14)10-13-5-2-1-3-6-13/h1-3,5-6,12,14H,4,7-11,17H2,(H,18,23). The Balaban J connectivity index is 1.87. The van der Waals surface area contributed by atoms with Gasteiger partial charge in [0.25, 0.3) is 0 Å². The summed E-state index contributed by atoms with van der Waals surface area (Å²) in [4.78, 5) is 37.8. The highest BCUT2D eigenvalue weighted by atomic mass is 16.2. The van der Waals surface area contributed by atoms with Crippen molar-refractivity contribution >= 4 is 18.3 Å². The average Bonchev–Trinajstić information content (AvgIpc) is 2.88. The maximum Gasteiger partial charge on any atom is 0.324 e. The maximum absolute atomic E-state index is 12.1. The summed E-state index contributed by atoms with van der Waals surface area (Å²) in [6.07, 6.45) is 1.29. The molecule has 1 aromatic rings. The minimum atomic E-state index is -0.479. The van der Waals surface area contributed by atoms with Gasteiger partial charge in [0.2, 0.25) is 12.3 Å². The van der Waals surface area contributed by atoms with Crippen molar-refractivity contribution in [1.29, 1.82) is 0 Å². The Morgan fingerprint density at radius 2 is 2.13 bits per heavy atom. The van der Waals surface area contributed by atoms with Gasteiger partial charge in [-0.1, -0.05) is 30.3 Å². The molecule has 0 aliphatic carbocycles. The number of carbonyl (C=O) groups is 3. The van der Waals surface area contributed by atoms with Gasteiger partial charge < -0.3 is 16.0 Å². The Morgan fingerprint density at radius 3 is 2.78 bits per heavy atom. The largest absolute Gasteiger partial charge is 0.336 e. The first-order valence-corrected chi connectivity index (χ1v) is 7.68. The highest BCUT2D eigenvalue weighted by molar-refractivity contribution is 5.86. The molecule has 3 N–H and O–H groups in total. The summed E-state index contributed by atoms with van der Waals surface area (Å²) in [5.41, 5.74) is 6.43. The van der Waals surface area contributed by atoms with Crippen LogP contribution in [0.1, 0.15) is 18.4 Å². The summed E-state index contributed by atoms with van der Waals surface area (Å²) < 4.78 is 0. The van der Waals surface area contributed by atoms with E-state index in [-0.39, 0.29) is 24.9 Å². The Bertz CT molecular complexity index is 550. The molecule has 1 unspecified atom stereocenters. The zero-order valence-electron chi connectivity index (χ0n) is 13.0. The van der Waals surface area contributed by atoms with Gasteiger partial charge in [-0.3, -0.25) is 14.5 Å². The molecule has 4 amide bonds. The number of rotatable bonds is 7. The van der Waals surface area contributed by atoms with Gasteiger partial charge in [-0.2, -0.15) is 0 Å². The number of benzene rings is 1. The van der Waals surface area contributed by atoms with Crippen molar-refractivity contribution in [3.63, 3.8) is 0 Å². The smallest absolute Gasteiger partial charge is 0.324 e. The first-order valence-electron chi connectivity index (χ1n) is 7.68. The average molecular weight is 318 g/mol. The second-order valence-corrected chi connectivity index (χ2v) is 5.55. The monoisotopic (exact) mass is 318 g/mol. The first kappa shape index (κ1) is 17.0. The van der Waals surface area contributed by atoms with Crippen LogP contribution in [0.15, 0.2) is 30.3 Å². The summed E-state index contributed by atoms with van der Waals surface area (Å²) in [6.45, 7) is 1.66. The lowest BCUT2D eigenvalue weighted by Crippen LogP contribution is -2.45. The number of hydrogen-bond acceptors (Lipinski definition) is 4. The number of nitrogens with zero attached hydrogens (tertiary/aromatic N) is 2. The van der Waals surface area contributed by atoms with E-state index in [1.807, 2.05) is 30.3 Å². The second kappa shape index (κ2) is 8.28. The molecule has 0 aromatic heterocycles. The van der Waals surface area contributed by atoms with Gasteiger partial charge in [0, 0.05) is 26.1 Å². The molecule has 7 nitrogen and oxygen atoms in total. The van der Waals surface area contributed by atoms with E-state index in [1.165, 1.54) is 0 Å². The van der Waals surface area contributed by atoms with Crippen LogP contribution < -0.4 is 11.1 Å². The van der Waals surface area contributed by atoms with Crippen molar-refractivity contribution in [1.82, 2.24) is 15.1 Å². The SMILES string of the molecule is NCCCN(C=O)C(=O)NC1CC(=O)N(Cc2ccccc2)C1. The van der Waals surface area contributed by atoms with Crippen LogP contribution in [0.3, 0.4) is 0 Å². The molecule has 0 radical (unpaired) electrons. The van der Waals surface area contributed by atoms with Gasteiger partial charge in [0.15, 0.2) is 0 Å². The summed E-state index contributed by atoms with van der Waals surface area (Å²) in [5, 5.41) is 2.74. The number of hydrogen-bond donors (Lipinski definition) is 2. The Hall–Kier alpha value is -2.41. The van der Waals surface area contributed by atoms with Crippen LogP contribution in [-0.4, -0.2) is 53.8 Å². The molecule has 1 heterocycles. The van der Waals surface area contributed by atoms with Crippen molar-refractivity contribution in [2.24, 2.45) is 5.73 Å². The molecule has 0 saturated carbocycles. The predicted molar refractivity (Wildman–Crippen MR) is 85.2 cm³/mol. The molecule has 2 rings (SSSR count). The molecule has 0 spiro atoms. The first-order chi connectivity index (χ1) is 11.1. The maximum atomic E-state index is 12.1. The molecule has 1 fully saturated rings. The third-order valence-corrected chi connectivity index (χ3v) is 3.75. The normalized spacial score (nSPS) is 17.2. The van der Waals surface area contributed by atoms with E-state index in [0.717, 1.165) is 10.5 Å². The van der Waals surface area contributed by atoms with E-state index in [0.29, 0.717) is 32.5 Å².